The summed E-state index contributed by atoms with van der Waals surface area (Å²) in [7, 11) is -7.67. The van der Waals surface area contributed by atoms with Crippen LogP contribution in [-0.2, 0) is 27.2 Å². The Labute approximate surface area is 194 Å². The van der Waals surface area contributed by atoms with Crippen molar-refractivity contribution in [3.8, 4) is 0 Å². The minimum atomic E-state index is -1.98. The van der Waals surface area contributed by atoms with E-state index in [-0.39, 0.29) is 24.2 Å². The van der Waals surface area contributed by atoms with Gasteiger partial charge in [-0.05, 0) is 78.6 Å². The number of hydrogen-bond donors (Lipinski definition) is 1. The van der Waals surface area contributed by atoms with E-state index in [4.69, 9.17) is 22.4 Å². The fourth-order valence-corrected chi connectivity index (χ4v) is 7.07. The Balaban J connectivity index is 3.45. The van der Waals surface area contributed by atoms with Crippen molar-refractivity contribution in [1.82, 2.24) is 5.32 Å². The highest BCUT2D eigenvalue weighted by Gasteiger charge is 2.51. The maximum atomic E-state index is 12.2. The maximum Gasteiger partial charge on any atom is 0.217 e. The van der Waals surface area contributed by atoms with Crippen LogP contribution in [0.5, 0.6) is 0 Å². The first-order valence-electron chi connectivity index (χ1n) is 11.3. The fourth-order valence-electron chi connectivity index (χ4n) is 3.31. The third kappa shape index (κ3) is 11.7. The standard InChI is InChI=1S/C20H47NO6Si4/c1-15(22)21-17-19(26-30(8,9)10)18(25-29(5,6)7)16(14-23-28(2,3)4)24-20(17)27-31(11,12)13/h16-20H,14H2,1-13H3,(H,21,22). The van der Waals surface area contributed by atoms with Crippen LogP contribution in [0.15, 0.2) is 0 Å². The predicted octanol–water partition coefficient (Wildman–Crippen LogP) is 4.36. The van der Waals surface area contributed by atoms with Crippen LogP contribution >= 0.6 is 0 Å². The highest BCUT2D eigenvalue weighted by atomic mass is 28.4. The van der Waals surface area contributed by atoms with Crippen LogP contribution in [-0.4, -0.2) is 76.4 Å². The Kier molecular flexibility index (Phi) is 9.97. The molecule has 0 spiro atoms. The van der Waals surface area contributed by atoms with Crippen molar-refractivity contribution >= 4 is 39.2 Å². The molecule has 5 unspecified atom stereocenters. The second-order valence-corrected chi connectivity index (χ2v) is 30.2. The molecule has 1 saturated heterocycles. The lowest BCUT2D eigenvalue weighted by Crippen LogP contribution is -2.69. The number of ether oxygens (including phenoxy) is 1. The Hall–Kier alpha value is 0.138. The molecule has 11 heteroatoms. The molecule has 1 heterocycles. The van der Waals surface area contributed by atoms with E-state index >= 15 is 0 Å². The predicted molar refractivity (Wildman–Crippen MR) is 136 cm³/mol. The summed E-state index contributed by atoms with van der Waals surface area (Å²) in [4.78, 5) is 12.2. The van der Waals surface area contributed by atoms with Crippen LogP contribution in [0.1, 0.15) is 6.92 Å². The molecule has 184 valence electrons. The van der Waals surface area contributed by atoms with Gasteiger partial charge in [-0.3, -0.25) is 4.79 Å². The summed E-state index contributed by atoms with van der Waals surface area (Å²) in [5.41, 5.74) is 0. The Morgan fingerprint density at radius 1 is 0.742 bits per heavy atom. The number of rotatable bonds is 10. The van der Waals surface area contributed by atoms with Crippen LogP contribution in [0.2, 0.25) is 78.6 Å². The Bertz CT molecular complexity index is 594. The number of carbonyl (C=O) groups excluding carboxylic acids is 1. The maximum absolute atomic E-state index is 12.2. The van der Waals surface area contributed by atoms with E-state index in [1.165, 1.54) is 6.92 Å². The molecule has 31 heavy (non-hydrogen) atoms. The first kappa shape index (κ1) is 29.2. The van der Waals surface area contributed by atoms with Crippen molar-refractivity contribution in [1.29, 1.82) is 0 Å². The molecule has 0 aromatic heterocycles. The van der Waals surface area contributed by atoms with Gasteiger partial charge in [-0.15, -0.1) is 0 Å². The van der Waals surface area contributed by atoms with Gasteiger partial charge in [-0.1, -0.05) is 0 Å². The van der Waals surface area contributed by atoms with Crippen LogP contribution in [0.4, 0.5) is 0 Å². The van der Waals surface area contributed by atoms with Crippen molar-refractivity contribution < 1.29 is 27.2 Å². The number of hydrogen-bond acceptors (Lipinski definition) is 6. The summed E-state index contributed by atoms with van der Waals surface area (Å²) in [6.07, 6.45) is -1.64. The van der Waals surface area contributed by atoms with Crippen molar-refractivity contribution in [2.75, 3.05) is 6.61 Å². The molecule has 5 atom stereocenters. The van der Waals surface area contributed by atoms with Crippen LogP contribution in [0, 0.1) is 0 Å². The minimum absolute atomic E-state index is 0.134. The average Bonchev–Trinajstić information content (AvgIpc) is 2.46. The smallest absolute Gasteiger partial charge is 0.217 e. The van der Waals surface area contributed by atoms with Gasteiger partial charge in [0.05, 0.1) is 12.7 Å². The summed E-state index contributed by atoms with van der Waals surface area (Å²) >= 11 is 0. The molecular formula is C20H47NO6Si4. The van der Waals surface area contributed by atoms with Gasteiger partial charge in [0, 0.05) is 6.92 Å². The summed E-state index contributed by atoms with van der Waals surface area (Å²) in [5.74, 6) is -0.134. The van der Waals surface area contributed by atoms with Crippen LogP contribution in [0.3, 0.4) is 0 Å². The molecule has 0 saturated carbocycles. The van der Waals surface area contributed by atoms with Gasteiger partial charge in [0.15, 0.2) is 39.6 Å². The van der Waals surface area contributed by atoms with Crippen molar-refractivity contribution in [2.45, 2.75) is 116 Å². The highest BCUT2D eigenvalue weighted by molar-refractivity contribution is 6.71. The van der Waals surface area contributed by atoms with Gasteiger partial charge in [-0.2, -0.15) is 0 Å². The molecule has 7 nitrogen and oxygen atoms in total. The van der Waals surface area contributed by atoms with Crippen molar-refractivity contribution in [3.63, 3.8) is 0 Å². The largest absolute Gasteiger partial charge is 0.415 e. The quantitative estimate of drug-likeness (QED) is 0.441. The number of carbonyl (C=O) groups is 1. The molecule has 1 aliphatic rings. The lowest BCUT2D eigenvalue weighted by molar-refractivity contribution is -0.238. The first-order chi connectivity index (χ1) is 13.7. The van der Waals surface area contributed by atoms with E-state index in [0.29, 0.717) is 6.61 Å². The third-order valence-corrected chi connectivity index (χ3v) is 8.08. The first-order valence-corrected chi connectivity index (χ1v) is 24.9. The number of nitrogens with one attached hydrogen (secondary N) is 1. The Morgan fingerprint density at radius 3 is 1.58 bits per heavy atom. The monoisotopic (exact) mass is 509 g/mol. The molecular weight excluding hydrogens is 463 g/mol. The summed E-state index contributed by atoms with van der Waals surface area (Å²) in [6, 6.07) is -0.444. The van der Waals surface area contributed by atoms with Crippen molar-refractivity contribution in [3.05, 3.63) is 0 Å². The van der Waals surface area contributed by atoms with Gasteiger partial charge < -0.3 is 27.8 Å². The number of amides is 1. The molecule has 1 aliphatic heterocycles. The molecule has 1 rings (SSSR count). The minimum Gasteiger partial charge on any atom is -0.415 e. The van der Waals surface area contributed by atoms with E-state index in [1.54, 1.807) is 0 Å². The zero-order valence-corrected chi connectivity index (χ0v) is 26.0. The molecule has 0 aliphatic carbocycles. The van der Waals surface area contributed by atoms with Gasteiger partial charge in [0.1, 0.15) is 18.2 Å². The van der Waals surface area contributed by atoms with Crippen LogP contribution < -0.4 is 5.32 Å². The molecule has 1 amide bonds. The van der Waals surface area contributed by atoms with Gasteiger partial charge in [0.25, 0.3) is 0 Å². The third-order valence-electron chi connectivity index (χ3n) is 4.15. The van der Waals surface area contributed by atoms with E-state index < -0.39 is 45.6 Å². The lowest BCUT2D eigenvalue weighted by atomic mass is 9.97. The molecule has 0 aromatic carbocycles. The highest BCUT2D eigenvalue weighted by Crippen LogP contribution is 2.32. The molecule has 1 N–H and O–H groups in total. The van der Waals surface area contributed by atoms with E-state index in [2.05, 4.69) is 83.9 Å². The van der Waals surface area contributed by atoms with Gasteiger partial charge >= 0.3 is 0 Å². The zero-order valence-electron chi connectivity index (χ0n) is 22.0. The molecule has 0 bridgehead atoms. The van der Waals surface area contributed by atoms with Gasteiger partial charge in [-0.25, -0.2) is 0 Å². The SMILES string of the molecule is CC(=O)NC1C(O[Si](C)(C)C)OC(CO[Si](C)(C)C)C(O[Si](C)(C)C)C1O[Si](C)(C)C. The average molecular weight is 510 g/mol. The summed E-state index contributed by atoms with van der Waals surface area (Å²) in [6.45, 7) is 27.7. The Morgan fingerprint density at radius 2 is 1.19 bits per heavy atom. The van der Waals surface area contributed by atoms with Crippen LogP contribution in [0.25, 0.3) is 0 Å². The van der Waals surface area contributed by atoms with E-state index in [9.17, 15) is 4.79 Å². The second kappa shape index (κ2) is 10.6. The molecule has 1 fully saturated rings. The summed E-state index contributed by atoms with van der Waals surface area (Å²) < 4.78 is 32.5. The molecule has 0 aromatic rings. The van der Waals surface area contributed by atoms with E-state index in [1.807, 2.05) is 0 Å². The second-order valence-electron chi connectivity index (χ2n) is 12.3. The normalized spacial score (nSPS) is 28.5. The fraction of sp³-hybridized carbons (Fsp3) is 0.950. The summed E-state index contributed by atoms with van der Waals surface area (Å²) in [5, 5.41) is 3.07. The molecule has 0 radical (unpaired) electrons. The lowest BCUT2D eigenvalue weighted by Gasteiger charge is -2.50. The van der Waals surface area contributed by atoms with Crippen molar-refractivity contribution in [2.24, 2.45) is 0 Å². The zero-order chi connectivity index (χ0) is 24.4. The van der Waals surface area contributed by atoms with Gasteiger partial charge in [0.2, 0.25) is 5.91 Å². The van der Waals surface area contributed by atoms with E-state index in [0.717, 1.165) is 0 Å². The topological polar surface area (TPSA) is 75.3 Å².